The Hall–Kier alpha value is -4.36. The average molecular weight is 679 g/mol. The van der Waals surface area contributed by atoms with Crippen LogP contribution in [0.3, 0.4) is 0 Å². The van der Waals surface area contributed by atoms with Gasteiger partial charge in [-0.25, -0.2) is 0 Å². The number of ether oxygens (including phenoxy) is 11. The first-order valence-electron chi connectivity index (χ1n) is 14.2. The third-order valence-electron chi connectivity index (χ3n) is 6.17. The minimum Gasteiger partial charge on any atom is -0.463 e. The second kappa shape index (κ2) is 17.5. The molecule has 2 aliphatic heterocycles. The Kier molecular flexibility index (Phi) is 14.5. The predicted octanol–water partition coefficient (Wildman–Crippen LogP) is -0.831. The van der Waals surface area contributed by atoms with Crippen LogP contribution in [-0.4, -0.2) is 122 Å². The molecule has 0 spiro atoms. The largest absolute Gasteiger partial charge is 0.463 e. The van der Waals surface area contributed by atoms with Crippen molar-refractivity contribution in [2.24, 2.45) is 0 Å². The molecule has 2 fully saturated rings. The molecule has 19 nitrogen and oxygen atoms in total. The zero-order chi connectivity index (χ0) is 35.6. The highest BCUT2D eigenvalue weighted by molar-refractivity contribution is 5.70. The van der Waals surface area contributed by atoms with Crippen molar-refractivity contribution in [1.82, 2.24) is 0 Å². The van der Waals surface area contributed by atoms with E-state index in [0.29, 0.717) is 0 Å². The topological polar surface area (TPSA) is 238 Å². The SMILES string of the molecule is CC(=O)OC[C@H]1O[C@@H](O[C@H]2[C@H](OC(C)=O)[C@@H](OC(C)=O)C(OC(C)=O)O[C@@H]2COC(C)=O)[C@@H](OC(C)=O)[C@@H](OC(C)=O)[C@@H]1OC(C)=O. The first-order chi connectivity index (χ1) is 21.9. The molecular formula is C28H38O19. The van der Waals surface area contributed by atoms with Crippen LogP contribution in [0.1, 0.15) is 55.4 Å². The van der Waals surface area contributed by atoms with Gasteiger partial charge in [0.2, 0.25) is 12.4 Å². The third-order valence-corrected chi connectivity index (χ3v) is 6.17. The fraction of sp³-hybridized carbons (Fsp3) is 0.714. The van der Waals surface area contributed by atoms with E-state index in [2.05, 4.69) is 0 Å². The lowest BCUT2D eigenvalue weighted by atomic mass is 9.96. The van der Waals surface area contributed by atoms with Crippen molar-refractivity contribution >= 4 is 47.8 Å². The second-order valence-corrected chi connectivity index (χ2v) is 10.3. The molecule has 0 bridgehead atoms. The minimum absolute atomic E-state index is 0.590. The monoisotopic (exact) mass is 678 g/mol. The maximum atomic E-state index is 12.3. The van der Waals surface area contributed by atoms with Crippen LogP contribution in [-0.2, 0) is 90.5 Å². The molecule has 2 heterocycles. The average Bonchev–Trinajstić information content (AvgIpc) is 2.91. The number of hydrogen-bond donors (Lipinski definition) is 0. The number of rotatable bonds is 12. The maximum Gasteiger partial charge on any atom is 0.305 e. The van der Waals surface area contributed by atoms with Crippen LogP contribution < -0.4 is 0 Å². The van der Waals surface area contributed by atoms with Crippen LogP contribution in [0.2, 0.25) is 0 Å². The first-order valence-corrected chi connectivity index (χ1v) is 14.2. The van der Waals surface area contributed by atoms with Gasteiger partial charge in [-0.2, -0.15) is 0 Å². The Morgan fingerprint density at radius 2 is 0.702 bits per heavy atom. The highest BCUT2D eigenvalue weighted by Gasteiger charge is 2.58. The zero-order valence-electron chi connectivity index (χ0n) is 26.9. The second-order valence-electron chi connectivity index (χ2n) is 10.3. The molecule has 0 aliphatic carbocycles. The zero-order valence-corrected chi connectivity index (χ0v) is 26.9. The van der Waals surface area contributed by atoms with Crippen molar-refractivity contribution in [3.05, 3.63) is 0 Å². The molecule has 0 aromatic heterocycles. The summed E-state index contributed by atoms with van der Waals surface area (Å²) in [6.45, 7) is 7.05. The fourth-order valence-corrected chi connectivity index (χ4v) is 4.73. The van der Waals surface area contributed by atoms with Gasteiger partial charge in [-0.1, -0.05) is 0 Å². The van der Waals surface area contributed by atoms with Gasteiger partial charge in [-0.3, -0.25) is 38.4 Å². The molecule has 264 valence electrons. The van der Waals surface area contributed by atoms with Crippen molar-refractivity contribution in [3.8, 4) is 0 Å². The van der Waals surface area contributed by atoms with Gasteiger partial charge in [-0.15, -0.1) is 0 Å². The Labute approximate surface area is 268 Å². The molecule has 0 aromatic carbocycles. The maximum absolute atomic E-state index is 12.3. The molecule has 2 aliphatic rings. The van der Waals surface area contributed by atoms with E-state index in [4.69, 9.17) is 52.1 Å². The molecule has 0 N–H and O–H groups in total. The van der Waals surface area contributed by atoms with Gasteiger partial charge in [0, 0.05) is 55.4 Å². The van der Waals surface area contributed by atoms with Crippen LogP contribution in [0.4, 0.5) is 0 Å². The molecule has 1 unspecified atom stereocenters. The molecule has 0 saturated carbocycles. The van der Waals surface area contributed by atoms with Gasteiger partial charge in [0.1, 0.15) is 31.5 Å². The van der Waals surface area contributed by atoms with Crippen molar-refractivity contribution in [3.63, 3.8) is 0 Å². The summed E-state index contributed by atoms with van der Waals surface area (Å²) in [5.74, 6) is -7.02. The van der Waals surface area contributed by atoms with Gasteiger partial charge in [-0.05, 0) is 0 Å². The van der Waals surface area contributed by atoms with Crippen LogP contribution >= 0.6 is 0 Å². The molecule has 10 atom stereocenters. The molecule has 2 rings (SSSR count). The number of hydrogen-bond acceptors (Lipinski definition) is 19. The Morgan fingerprint density at radius 1 is 0.383 bits per heavy atom. The summed E-state index contributed by atoms with van der Waals surface area (Å²) in [5, 5.41) is 0. The molecule has 0 amide bonds. The highest BCUT2D eigenvalue weighted by Crippen LogP contribution is 2.35. The molecule has 19 heteroatoms. The van der Waals surface area contributed by atoms with Gasteiger partial charge < -0.3 is 52.1 Å². The lowest BCUT2D eigenvalue weighted by molar-refractivity contribution is -0.357. The van der Waals surface area contributed by atoms with Crippen LogP contribution in [0.5, 0.6) is 0 Å². The lowest BCUT2D eigenvalue weighted by Crippen LogP contribution is -2.67. The molecule has 47 heavy (non-hydrogen) atoms. The summed E-state index contributed by atoms with van der Waals surface area (Å²) in [6, 6.07) is 0. The summed E-state index contributed by atoms with van der Waals surface area (Å²) >= 11 is 0. The van der Waals surface area contributed by atoms with Crippen LogP contribution in [0.25, 0.3) is 0 Å². The van der Waals surface area contributed by atoms with Gasteiger partial charge in [0.05, 0.1) is 0 Å². The lowest BCUT2D eigenvalue weighted by Gasteiger charge is -2.48. The van der Waals surface area contributed by atoms with E-state index < -0.39 is 122 Å². The van der Waals surface area contributed by atoms with Crippen molar-refractivity contribution in [1.29, 1.82) is 0 Å². The number of carbonyl (C=O) groups excluding carboxylic acids is 8. The van der Waals surface area contributed by atoms with Gasteiger partial charge in [0.25, 0.3) is 0 Å². The highest BCUT2D eigenvalue weighted by atomic mass is 16.8. The van der Waals surface area contributed by atoms with Crippen molar-refractivity contribution < 1.29 is 90.5 Å². The summed E-state index contributed by atoms with van der Waals surface area (Å²) in [6.07, 6.45) is -16.3. The van der Waals surface area contributed by atoms with Gasteiger partial charge in [0.15, 0.2) is 30.7 Å². The molecule has 0 radical (unpaired) electrons. The van der Waals surface area contributed by atoms with Gasteiger partial charge >= 0.3 is 47.8 Å². The molecule has 0 aromatic rings. The first kappa shape index (κ1) is 38.8. The summed E-state index contributed by atoms with van der Waals surface area (Å²) in [5.41, 5.74) is 0. The Morgan fingerprint density at radius 3 is 1.11 bits per heavy atom. The van der Waals surface area contributed by atoms with E-state index in [1.54, 1.807) is 0 Å². The van der Waals surface area contributed by atoms with Crippen LogP contribution in [0.15, 0.2) is 0 Å². The third kappa shape index (κ3) is 12.1. The van der Waals surface area contributed by atoms with Crippen molar-refractivity contribution in [2.45, 2.75) is 117 Å². The number of carbonyl (C=O) groups is 8. The number of esters is 8. The van der Waals surface area contributed by atoms with E-state index in [1.807, 2.05) is 0 Å². The Bertz CT molecular complexity index is 1200. The smallest absolute Gasteiger partial charge is 0.305 e. The molecule has 2 saturated heterocycles. The summed E-state index contributed by atoms with van der Waals surface area (Å²) < 4.78 is 60.2. The van der Waals surface area contributed by atoms with Crippen molar-refractivity contribution in [2.75, 3.05) is 13.2 Å². The molecular weight excluding hydrogens is 640 g/mol. The Balaban J connectivity index is 2.73. The minimum atomic E-state index is -1.83. The predicted molar refractivity (Wildman–Crippen MR) is 145 cm³/mol. The van der Waals surface area contributed by atoms with E-state index >= 15 is 0 Å². The van der Waals surface area contributed by atoms with E-state index in [0.717, 1.165) is 55.4 Å². The van der Waals surface area contributed by atoms with E-state index in [1.165, 1.54) is 0 Å². The fourth-order valence-electron chi connectivity index (χ4n) is 4.73. The normalized spacial score (nSPS) is 30.0. The summed E-state index contributed by atoms with van der Waals surface area (Å²) in [7, 11) is 0. The van der Waals surface area contributed by atoms with E-state index in [-0.39, 0.29) is 0 Å². The van der Waals surface area contributed by atoms with Crippen LogP contribution in [0, 0.1) is 0 Å². The standard InChI is InChI=1S/C28H38O19/c1-11(29)37-9-19-21(39-13(3)31)23(40-14(4)32)26(43-17(7)35)28(46-19)47-22-20(10-38-12(2)30)45-27(44-18(8)36)25(42-16(6)34)24(22)41-15(5)33/h19-28H,9-10H2,1-8H3/t19-,20-,21-,22-,23+,24+,25-,26+,27?,28+/m1/s1. The van der Waals surface area contributed by atoms with E-state index in [9.17, 15) is 38.4 Å². The quantitative estimate of drug-likeness (QED) is 0.181. The summed E-state index contributed by atoms with van der Waals surface area (Å²) in [4.78, 5) is 96.3.